The summed E-state index contributed by atoms with van der Waals surface area (Å²) in [4.78, 5) is 12.5. The van der Waals surface area contributed by atoms with Gasteiger partial charge < -0.3 is 5.32 Å². The average molecular weight is 330 g/mol. The molecule has 0 bridgehead atoms. The first-order chi connectivity index (χ1) is 11.5. The van der Waals surface area contributed by atoms with Crippen molar-refractivity contribution in [1.82, 2.24) is 10.6 Å². The molecule has 5 heteroatoms. The molecule has 0 heterocycles. The third-order valence-corrected chi connectivity index (χ3v) is 4.12. The van der Waals surface area contributed by atoms with Gasteiger partial charge in [0, 0.05) is 12.6 Å². The molecule has 2 aromatic carbocycles. The molecule has 0 aromatic heterocycles. The monoisotopic (exact) mass is 330 g/mol. The Kier molecular flexibility index (Phi) is 4.90. The summed E-state index contributed by atoms with van der Waals surface area (Å²) < 4.78 is 26.5. The summed E-state index contributed by atoms with van der Waals surface area (Å²) in [6, 6.07) is 10.4. The van der Waals surface area contributed by atoms with Crippen molar-refractivity contribution < 1.29 is 13.6 Å². The molecule has 1 amide bonds. The van der Waals surface area contributed by atoms with Gasteiger partial charge in [-0.15, -0.1) is 0 Å². The zero-order valence-corrected chi connectivity index (χ0v) is 13.5. The van der Waals surface area contributed by atoms with Crippen LogP contribution in [0.5, 0.6) is 0 Å². The Labute approximate surface area is 140 Å². The standard InChI is InChI=1S/C19H20F2N2O/c1-12-10-13(2-9-17(12)21)11-22-18(19(24)23-16-7-8-16)14-3-5-15(20)6-4-14/h2-6,9-10,16,18,22H,7-8,11H2,1H3,(H,23,24). The minimum absolute atomic E-state index is 0.122. The van der Waals surface area contributed by atoms with Gasteiger partial charge in [0.05, 0.1) is 0 Å². The predicted octanol–water partition coefficient (Wildman–Crippen LogP) is 3.38. The first-order valence-corrected chi connectivity index (χ1v) is 8.07. The Hall–Kier alpha value is -2.27. The second-order valence-electron chi connectivity index (χ2n) is 6.23. The molecule has 1 saturated carbocycles. The normalized spacial score (nSPS) is 15.1. The van der Waals surface area contributed by atoms with Crippen molar-refractivity contribution in [3.8, 4) is 0 Å². The van der Waals surface area contributed by atoms with Crippen LogP contribution in [0.1, 0.15) is 35.6 Å². The summed E-state index contributed by atoms with van der Waals surface area (Å²) in [6.07, 6.45) is 2.00. The highest BCUT2D eigenvalue weighted by Gasteiger charge is 2.28. The fraction of sp³-hybridized carbons (Fsp3) is 0.316. The van der Waals surface area contributed by atoms with Crippen LogP contribution in [0, 0.1) is 18.6 Å². The molecule has 2 aromatic rings. The molecule has 1 aliphatic carbocycles. The second kappa shape index (κ2) is 7.09. The van der Waals surface area contributed by atoms with Gasteiger partial charge in [0.1, 0.15) is 17.7 Å². The summed E-state index contributed by atoms with van der Waals surface area (Å²) in [5.74, 6) is -0.711. The van der Waals surface area contributed by atoms with E-state index in [2.05, 4.69) is 10.6 Å². The van der Waals surface area contributed by atoms with E-state index in [9.17, 15) is 13.6 Å². The maximum Gasteiger partial charge on any atom is 0.241 e. The third kappa shape index (κ3) is 4.17. The summed E-state index contributed by atoms with van der Waals surface area (Å²) in [6.45, 7) is 2.12. The number of carbonyl (C=O) groups is 1. The Morgan fingerprint density at radius 3 is 2.50 bits per heavy atom. The minimum Gasteiger partial charge on any atom is -0.352 e. The van der Waals surface area contributed by atoms with E-state index in [1.807, 2.05) is 0 Å². The van der Waals surface area contributed by atoms with Crippen LogP contribution in [0.2, 0.25) is 0 Å². The second-order valence-corrected chi connectivity index (χ2v) is 6.23. The average Bonchev–Trinajstić information content (AvgIpc) is 3.36. The van der Waals surface area contributed by atoms with Gasteiger partial charge in [-0.3, -0.25) is 10.1 Å². The molecular weight excluding hydrogens is 310 g/mol. The van der Waals surface area contributed by atoms with Crippen LogP contribution in [0.15, 0.2) is 42.5 Å². The van der Waals surface area contributed by atoms with E-state index in [1.165, 1.54) is 18.2 Å². The van der Waals surface area contributed by atoms with Crippen molar-refractivity contribution in [3.05, 3.63) is 70.8 Å². The molecule has 1 atom stereocenters. The van der Waals surface area contributed by atoms with Gasteiger partial charge >= 0.3 is 0 Å². The lowest BCUT2D eigenvalue weighted by Crippen LogP contribution is -2.38. The lowest BCUT2D eigenvalue weighted by atomic mass is 10.0. The molecule has 3 rings (SSSR count). The highest BCUT2D eigenvalue weighted by Crippen LogP contribution is 2.22. The first-order valence-electron chi connectivity index (χ1n) is 8.07. The van der Waals surface area contributed by atoms with Gasteiger partial charge in [-0.2, -0.15) is 0 Å². The molecule has 0 saturated heterocycles. The number of hydrogen-bond donors (Lipinski definition) is 2. The number of halogens is 2. The van der Waals surface area contributed by atoms with E-state index in [0.717, 1.165) is 18.4 Å². The molecule has 3 nitrogen and oxygen atoms in total. The van der Waals surface area contributed by atoms with E-state index in [4.69, 9.17) is 0 Å². The van der Waals surface area contributed by atoms with Crippen LogP contribution < -0.4 is 10.6 Å². The number of rotatable bonds is 6. The van der Waals surface area contributed by atoms with Crippen molar-refractivity contribution in [2.24, 2.45) is 0 Å². The number of hydrogen-bond acceptors (Lipinski definition) is 2. The molecule has 0 spiro atoms. The highest BCUT2D eigenvalue weighted by molar-refractivity contribution is 5.83. The van der Waals surface area contributed by atoms with Crippen LogP contribution in [0.4, 0.5) is 8.78 Å². The summed E-state index contributed by atoms with van der Waals surface area (Å²) >= 11 is 0. The van der Waals surface area contributed by atoms with E-state index in [-0.39, 0.29) is 23.6 Å². The van der Waals surface area contributed by atoms with Gasteiger partial charge in [-0.05, 0) is 54.7 Å². The molecule has 24 heavy (non-hydrogen) atoms. The van der Waals surface area contributed by atoms with Crippen LogP contribution in [0.25, 0.3) is 0 Å². The quantitative estimate of drug-likeness (QED) is 0.852. The number of carbonyl (C=O) groups excluding carboxylic acids is 1. The van der Waals surface area contributed by atoms with Crippen molar-refractivity contribution in [1.29, 1.82) is 0 Å². The molecule has 1 fully saturated rings. The minimum atomic E-state index is -0.573. The molecule has 2 N–H and O–H groups in total. The zero-order chi connectivity index (χ0) is 17.1. The van der Waals surface area contributed by atoms with Crippen LogP contribution in [-0.2, 0) is 11.3 Å². The van der Waals surface area contributed by atoms with Crippen molar-refractivity contribution in [3.63, 3.8) is 0 Å². The molecule has 126 valence electrons. The Balaban J connectivity index is 1.74. The number of benzene rings is 2. The molecule has 0 aliphatic heterocycles. The van der Waals surface area contributed by atoms with Crippen molar-refractivity contribution >= 4 is 5.91 Å². The number of nitrogens with one attached hydrogen (secondary N) is 2. The fourth-order valence-electron chi connectivity index (χ4n) is 2.57. The molecule has 1 unspecified atom stereocenters. The Bertz CT molecular complexity index is 727. The lowest BCUT2D eigenvalue weighted by molar-refractivity contribution is -0.123. The van der Waals surface area contributed by atoms with Gasteiger partial charge in [0.15, 0.2) is 0 Å². The lowest BCUT2D eigenvalue weighted by Gasteiger charge is -2.19. The highest BCUT2D eigenvalue weighted by atomic mass is 19.1. The summed E-state index contributed by atoms with van der Waals surface area (Å²) in [5, 5.41) is 6.16. The largest absolute Gasteiger partial charge is 0.352 e. The van der Waals surface area contributed by atoms with Gasteiger partial charge in [-0.1, -0.05) is 24.3 Å². The maximum absolute atomic E-state index is 13.4. The number of aryl methyl sites for hydroxylation is 1. The van der Waals surface area contributed by atoms with Gasteiger partial charge in [0.2, 0.25) is 5.91 Å². The van der Waals surface area contributed by atoms with E-state index in [1.54, 1.807) is 31.2 Å². The summed E-state index contributed by atoms with van der Waals surface area (Å²) in [5.41, 5.74) is 2.16. The van der Waals surface area contributed by atoms with Crippen molar-refractivity contribution in [2.45, 2.75) is 38.4 Å². The first kappa shape index (κ1) is 16.6. The zero-order valence-electron chi connectivity index (χ0n) is 13.5. The Morgan fingerprint density at radius 2 is 1.88 bits per heavy atom. The van der Waals surface area contributed by atoms with Crippen LogP contribution in [0.3, 0.4) is 0 Å². The summed E-state index contributed by atoms with van der Waals surface area (Å²) in [7, 11) is 0. The topological polar surface area (TPSA) is 41.1 Å². The Morgan fingerprint density at radius 1 is 1.17 bits per heavy atom. The molecule has 1 aliphatic rings. The predicted molar refractivity (Wildman–Crippen MR) is 88.3 cm³/mol. The van der Waals surface area contributed by atoms with E-state index >= 15 is 0 Å². The maximum atomic E-state index is 13.4. The van der Waals surface area contributed by atoms with E-state index in [0.29, 0.717) is 17.7 Å². The number of amides is 1. The van der Waals surface area contributed by atoms with E-state index < -0.39 is 6.04 Å². The van der Waals surface area contributed by atoms with Crippen LogP contribution in [-0.4, -0.2) is 11.9 Å². The third-order valence-electron chi connectivity index (χ3n) is 4.12. The van der Waals surface area contributed by atoms with Gasteiger partial charge in [-0.25, -0.2) is 8.78 Å². The SMILES string of the molecule is Cc1cc(CNC(C(=O)NC2CC2)c2ccc(F)cc2)ccc1F. The molecule has 0 radical (unpaired) electrons. The smallest absolute Gasteiger partial charge is 0.241 e. The fourth-order valence-corrected chi connectivity index (χ4v) is 2.57. The van der Waals surface area contributed by atoms with Crippen molar-refractivity contribution in [2.75, 3.05) is 0 Å². The van der Waals surface area contributed by atoms with Crippen LogP contribution >= 0.6 is 0 Å². The van der Waals surface area contributed by atoms with Gasteiger partial charge in [0.25, 0.3) is 0 Å². The molecular formula is C19H20F2N2O.